The van der Waals surface area contributed by atoms with Crippen LogP contribution in [0.2, 0.25) is 0 Å². The lowest BCUT2D eigenvalue weighted by Gasteiger charge is -1.95. The van der Waals surface area contributed by atoms with Gasteiger partial charge in [0.15, 0.2) is 0 Å². The Labute approximate surface area is 117 Å². The highest BCUT2D eigenvalue weighted by Gasteiger charge is 1.99. The first-order chi connectivity index (χ1) is 9.56. The van der Waals surface area contributed by atoms with Crippen LogP contribution in [0.4, 0.5) is 0 Å². The molecular formula is C16H18O4. The van der Waals surface area contributed by atoms with E-state index in [0.717, 1.165) is 11.1 Å². The van der Waals surface area contributed by atoms with E-state index in [0.29, 0.717) is 0 Å². The molecule has 0 heterocycles. The first-order valence-corrected chi connectivity index (χ1v) is 6.16. The van der Waals surface area contributed by atoms with E-state index >= 15 is 0 Å². The van der Waals surface area contributed by atoms with Crippen molar-refractivity contribution < 1.29 is 20.1 Å². The Balaban J connectivity index is 0.000000204. The maximum Gasteiger partial charge on any atom is 0.335 e. The number of benzene rings is 2. The van der Waals surface area contributed by atoms with Gasteiger partial charge in [0.1, 0.15) is 0 Å². The van der Waals surface area contributed by atoms with Crippen molar-refractivity contribution in [3.8, 4) is 0 Å². The van der Waals surface area contributed by atoms with Crippen molar-refractivity contribution in [2.45, 2.75) is 20.1 Å². The summed E-state index contributed by atoms with van der Waals surface area (Å²) in [5.74, 6) is -0.950. The van der Waals surface area contributed by atoms with Crippen molar-refractivity contribution in [1.82, 2.24) is 0 Å². The topological polar surface area (TPSA) is 77.8 Å². The third-order valence-electron chi connectivity index (χ3n) is 2.69. The van der Waals surface area contributed by atoms with Crippen LogP contribution < -0.4 is 0 Å². The molecule has 0 radical (unpaired) electrons. The Bertz CT molecular complexity index is 529. The van der Waals surface area contributed by atoms with Crippen LogP contribution in [0.5, 0.6) is 0 Å². The minimum Gasteiger partial charge on any atom is -0.478 e. The molecule has 4 nitrogen and oxygen atoms in total. The molecule has 0 amide bonds. The fourth-order valence-electron chi connectivity index (χ4n) is 1.45. The van der Waals surface area contributed by atoms with Gasteiger partial charge in [-0.05, 0) is 30.2 Å². The van der Waals surface area contributed by atoms with Crippen LogP contribution in [0.1, 0.15) is 27.0 Å². The maximum atomic E-state index is 10.3. The zero-order chi connectivity index (χ0) is 15.0. The zero-order valence-electron chi connectivity index (χ0n) is 11.3. The molecule has 2 aromatic carbocycles. The van der Waals surface area contributed by atoms with Crippen LogP contribution >= 0.6 is 0 Å². The van der Waals surface area contributed by atoms with Gasteiger partial charge in [0.05, 0.1) is 18.8 Å². The minimum atomic E-state index is -0.950. The van der Waals surface area contributed by atoms with Gasteiger partial charge in [-0.25, -0.2) is 4.79 Å². The van der Waals surface area contributed by atoms with E-state index < -0.39 is 5.97 Å². The third-order valence-corrected chi connectivity index (χ3v) is 2.69. The number of aliphatic hydroxyl groups is 2. The first kappa shape index (κ1) is 15.9. The maximum absolute atomic E-state index is 10.3. The molecule has 0 aromatic heterocycles. The van der Waals surface area contributed by atoms with Crippen LogP contribution in [0, 0.1) is 6.92 Å². The fourth-order valence-corrected chi connectivity index (χ4v) is 1.45. The highest BCUT2D eigenvalue weighted by molar-refractivity contribution is 5.87. The second-order valence-corrected chi connectivity index (χ2v) is 4.30. The number of aromatic carboxylic acids is 1. The smallest absolute Gasteiger partial charge is 0.335 e. The third kappa shape index (κ3) is 5.22. The molecule has 2 rings (SSSR count). The summed E-state index contributed by atoms with van der Waals surface area (Å²) in [5.41, 5.74) is 3.16. The van der Waals surface area contributed by atoms with Gasteiger partial charge in [-0.15, -0.1) is 0 Å². The summed E-state index contributed by atoms with van der Waals surface area (Å²) in [5, 5.41) is 25.7. The summed E-state index contributed by atoms with van der Waals surface area (Å²) >= 11 is 0. The van der Waals surface area contributed by atoms with E-state index in [1.807, 2.05) is 31.2 Å². The molecule has 0 aliphatic carbocycles. The van der Waals surface area contributed by atoms with Gasteiger partial charge >= 0.3 is 5.97 Å². The number of aliphatic hydroxyl groups excluding tert-OH is 2. The summed E-state index contributed by atoms with van der Waals surface area (Å²) in [4.78, 5) is 10.3. The second kappa shape index (κ2) is 8.09. The van der Waals surface area contributed by atoms with Crippen molar-refractivity contribution in [3.05, 3.63) is 70.8 Å². The van der Waals surface area contributed by atoms with Crippen LogP contribution in [0.15, 0.2) is 48.5 Å². The highest BCUT2D eigenvalue weighted by Crippen LogP contribution is 2.03. The minimum absolute atomic E-state index is 0.0557. The zero-order valence-corrected chi connectivity index (χ0v) is 11.3. The average molecular weight is 274 g/mol. The summed E-state index contributed by atoms with van der Waals surface area (Å²) in [6, 6.07) is 13.9. The Morgan fingerprint density at radius 2 is 1.25 bits per heavy atom. The molecule has 2 aromatic rings. The number of carboxylic acid groups (broad SMARTS) is 1. The molecule has 0 fully saturated rings. The van der Waals surface area contributed by atoms with Gasteiger partial charge in [-0.3, -0.25) is 0 Å². The van der Waals surface area contributed by atoms with Crippen LogP contribution in [-0.2, 0) is 13.2 Å². The highest BCUT2D eigenvalue weighted by atomic mass is 16.4. The van der Waals surface area contributed by atoms with Crippen LogP contribution in [0.3, 0.4) is 0 Å². The fraction of sp³-hybridized carbons (Fsp3) is 0.188. The number of rotatable bonds is 3. The van der Waals surface area contributed by atoms with E-state index in [2.05, 4.69) is 0 Å². The molecule has 20 heavy (non-hydrogen) atoms. The van der Waals surface area contributed by atoms with E-state index in [-0.39, 0.29) is 18.8 Å². The van der Waals surface area contributed by atoms with E-state index in [1.165, 1.54) is 17.7 Å². The summed E-state index contributed by atoms with van der Waals surface area (Å²) < 4.78 is 0. The molecule has 3 N–H and O–H groups in total. The number of aryl methyl sites for hydroxylation is 1. The molecule has 4 heteroatoms. The standard InChI is InChI=1S/C8H8O3.C8H10O/c9-5-6-1-3-7(4-2-6)8(10)11;1-7-2-4-8(6-9)5-3-7/h1-4,9H,5H2,(H,10,11);2-5,9H,6H2,1H3. The van der Waals surface area contributed by atoms with Gasteiger partial charge in [0.25, 0.3) is 0 Å². The Morgan fingerprint density at radius 3 is 1.60 bits per heavy atom. The molecule has 0 spiro atoms. The molecule has 0 saturated heterocycles. The van der Waals surface area contributed by atoms with Gasteiger partial charge in [0.2, 0.25) is 0 Å². The van der Waals surface area contributed by atoms with Crippen molar-refractivity contribution in [2.75, 3.05) is 0 Å². The van der Waals surface area contributed by atoms with Gasteiger partial charge in [-0.1, -0.05) is 42.0 Å². The average Bonchev–Trinajstić information content (AvgIpc) is 2.49. The number of carbonyl (C=O) groups is 1. The molecule has 106 valence electrons. The number of hydrogen-bond acceptors (Lipinski definition) is 3. The summed E-state index contributed by atoms with van der Waals surface area (Å²) in [7, 11) is 0. The number of carboxylic acids is 1. The lowest BCUT2D eigenvalue weighted by atomic mass is 10.1. The molecule has 0 bridgehead atoms. The Morgan fingerprint density at radius 1 is 0.850 bits per heavy atom. The summed E-state index contributed by atoms with van der Waals surface area (Å²) in [6.07, 6.45) is 0. The van der Waals surface area contributed by atoms with Gasteiger partial charge < -0.3 is 15.3 Å². The monoisotopic (exact) mass is 274 g/mol. The largest absolute Gasteiger partial charge is 0.478 e. The molecule has 0 saturated carbocycles. The van der Waals surface area contributed by atoms with E-state index in [4.69, 9.17) is 15.3 Å². The normalized spacial score (nSPS) is 9.55. The molecule has 0 aliphatic rings. The Hall–Kier alpha value is -2.17. The predicted molar refractivity (Wildman–Crippen MR) is 76.4 cm³/mol. The van der Waals surface area contributed by atoms with Crippen molar-refractivity contribution in [3.63, 3.8) is 0 Å². The predicted octanol–water partition coefficient (Wildman–Crippen LogP) is 2.36. The molecule has 0 atom stereocenters. The van der Waals surface area contributed by atoms with Crippen molar-refractivity contribution in [1.29, 1.82) is 0 Å². The van der Waals surface area contributed by atoms with E-state index in [9.17, 15) is 4.79 Å². The lowest BCUT2D eigenvalue weighted by Crippen LogP contribution is -1.95. The SMILES string of the molecule is Cc1ccc(CO)cc1.O=C(O)c1ccc(CO)cc1. The second-order valence-electron chi connectivity index (χ2n) is 4.30. The van der Waals surface area contributed by atoms with E-state index in [1.54, 1.807) is 12.1 Å². The van der Waals surface area contributed by atoms with Crippen molar-refractivity contribution >= 4 is 5.97 Å². The molecule has 0 aliphatic heterocycles. The first-order valence-electron chi connectivity index (χ1n) is 6.16. The lowest BCUT2D eigenvalue weighted by molar-refractivity contribution is 0.0697. The van der Waals surface area contributed by atoms with Crippen LogP contribution in [-0.4, -0.2) is 21.3 Å². The number of hydrogen-bond donors (Lipinski definition) is 3. The Kier molecular flexibility index (Phi) is 6.43. The molecule has 0 unspecified atom stereocenters. The van der Waals surface area contributed by atoms with Crippen LogP contribution in [0.25, 0.3) is 0 Å². The summed E-state index contributed by atoms with van der Waals surface area (Å²) in [6.45, 7) is 2.11. The van der Waals surface area contributed by atoms with Gasteiger partial charge in [0, 0.05) is 0 Å². The van der Waals surface area contributed by atoms with Crippen molar-refractivity contribution in [2.24, 2.45) is 0 Å². The van der Waals surface area contributed by atoms with Gasteiger partial charge in [-0.2, -0.15) is 0 Å². The molecular weight excluding hydrogens is 256 g/mol. The quantitative estimate of drug-likeness (QED) is 0.803.